The van der Waals surface area contributed by atoms with Gasteiger partial charge in [0.2, 0.25) is 5.91 Å². The minimum absolute atomic E-state index is 0.00916. The van der Waals surface area contributed by atoms with Crippen molar-refractivity contribution in [2.75, 3.05) is 25.1 Å². The highest BCUT2D eigenvalue weighted by molar-refractivity contribution is 7.92. The third kappa shape index (κ3) is 5.69. The molecule has 180 valence electrons. The van der Waals surface area contributed by atoms with Gasteiger partial charge in [-0.2, -0.15) is 0 Å². The van der Waals surface area contributed by atoms with Crippen LogP contribution in [0.15, 0.2) is 71.6 Å². The molecule has 0 saturated carbocycles. The van der Waals surface area contributed by atoms with Gasteiger partial charge in [-0.25, -0.2) is 8.42 Å². The summed E-state index contributed by atoms with van der Waals surface area (Å²) in [6.45, 7) is 5.38. The van der Waals surface area contributed by atoms with Crippen molar-refractivity contribution in [1.29, 1.82) is 0 Å². The number of aryl methyl sites for hydroxylation is 2. The van der Waals surface area contributed by atoms with E-state index in [0.29, 0.717) is 11.4 Å². The van der Waals surface area contributed by atoms with Crippen LogP contribution in [0.1, 0.15) is 29.7 Å². The first-order chi connectivity index (χ1) is 16.1. The highest BCUT2D eigenvalue weighted by atomic mass is 32.2. The van der Waals surface area contributed by atoms with E-state index in [2.05, 4.69) is 5.32 Å². The summed E-state index contributed by atoms with van der Waals surface area (Å²) in [5.74, 6) is 0.274. The molecule has 0 bridgehead atoms. The van der Waals surface area contributed by atoms with Crippen LogP contribution in [-0.4, -0.2) is 35.1 Å². The number of carbonyl (C=O) groups excluding carboxylic acids is 1. The number of rotatable bonds is 9. The summed E-state index contributed by atoms with van der Waals surface area (Å²) in [6.07, 6.45) is 0. The summed E-state index contributed by atoms with van der Waals surface area (Å²) < 4.78 is 38.9. The van der Waals surface area contributed by atoms with Gasteiger partial charge in [0.05, 0.1) is 30.8 Å². The standard InChI is InChI=1S/C26H30N2O5S/c1-18-6-10-21(11-7-18)20(3)27-26(29)17-28(22-12-8-19(2)9-13-22)34(30,31)23-14-15-24(32-4)25(16-23)33-5/h6-16,20H,17H2,1-5H3,(H,27,29)/t20-/m0/s1. The second-order valence-corrected chi connectivity index (χ2v) is 9.93. The monoisotopic (exact) mass is 482 g/mol. The lowest BCUT2D eigenvalue weighted by Gasteiger charge is -2.25. The molecule has 0 spiro atoms. The Morgan fingerprint density at radius 1 is 0.882 bits per heavy atom. The first-order valence-corrected chi connectivity index (χ1v) is 12.3. The smallest absolute Gasteiger partial charge is 0.264 e. The van der Waals surface area contributed by atoms with Gasteiger partial charge in [0.1, 0.15) is 6.54 Å². The Morgan fingerprint density at radius 2 is 1.44 bits per heavy atom. The lowest BCUT2D eigenvalue weighted by atomic mass is 10.1. The van der Waals surface area contributed by atoms with E-state index in [-0.39, 0.29) is 23.2 Å². The van der Waals surface area contributed by atoms with Crippen LogP contribution in [0.5, 0.6) is 11.5 Å². The number of hydrogen-bond donors (Lipinski definition) is 1. The molecule has 0 aromatic heterocycles. The molecule has 0 saturated heterocycles. The number of anilines is 1. The maximum absolute atomic E-state index is 13.7. The first kappa shape index (κ1) is 25.1. The largest absolute Gasteiger partial charge is 0.493 e. The first-order valence-electron chi connectivity index (χ1n) is 10.8. The van der Waals surface area contributed by atoms with Gasteiger partial charge in [-0.15, -0.1) is 0 Å². The average Bonchev–Trinajstić information content (AvgIpc) is 2.83. The topological polar surface area (TPSA) is 84.9 Å². The molecule has 1 amide bonds. The van der Waals surface area contributed by atoms with Gasteiger partial charge in [-0.05, 0) is 50.6 Å². The van der Waals surface area contributed by atoms with Crippen molar-refractivity contribution < 1.29 is 22.7 Å². The van der Waals surface area contributed by atoms with Crippen LogP contribution in [0, 0.1) is 13.8 Å². The fourth-order valence-electron chi connectivity index (χ4n) is 3.49. The lowest BCUT2D eigenvalue weighted by molar-refractivity contribution is -0.120. The number of sulfonamides is 1. The zero-order valence-corrected chi connectivity index (χ0v) is 20.8. The molecule has 0 unspecified atom stereocenters. The number of ether oxygens (including phenoxy) is 2. The molecule has 0 aliphatic carbocycles. The SMILES string of the molecule is COc1ccc(S(=O)(=O)N(CC(=O)N[C@@H](C)c2ccc(C)cc2)c2ccc(C)cc2)cc1OC. The molecule has 0 radical (unpaired) electrons. The number of amides is 1. The lowest BCUT2D eigenvalue weighted by Crippen LogP contribution is -2.41. The Bertz CT molecular complexity index is 1240. The Hall–Kier alpha value is -3.52. The molecule has 0 aliphatic rings. The zero-order chi connectivity index (χ0) is 24.9. The quantitative estimate of drug-likeness (QED) is 0.489. The van der Waals surface area contributed by atoms with Crippen LogP contribution in [0.2, 0.25) is 0 Å². The molecule has 1 atom stereocenters. The highest BCUT2D eigenvalue weighted by Gasteiger charge is 2.28. The third-order valence-corrected chi connectivity index (χ3v) is 7.28. The molecule has 0 aliphatic heterocycles. The second-order valence-electron chi connectivity index (χ2n) is 8.06. The maximum atomic E-state index is 13.7. The molecule has 8 heteroatoms. The Labute approximate surface area is 201 Å². The number of carbonyl (C=O) groups is 1. The van der Waals surface area contributed by atoms with Gasteiger partial charge in [0.25, 0.3) is 10.0 Å². The van der Waals surface area contributed by atoms with Crippen molar-refractivity contribution >= 4 is 21.6 Å². The predicted octanol–water partition coefficient (Wildman–Crippen LogP) is 4.39. The van der Waals surface area contributed by atoms with E-state index in [0.717, 1.165) is 21.0 Å². The normalized spacial score (nSPS) is 12.0. The average molecular weight is 483 g/mol. The summed E-state index contributed by atoms with van der Waals surface area (Å²) in [5, 5.41) is 2.90. The van der Waals surface area contributed by atoms with Crippen LogP contribution < -0.4 is 19.1 Å². The van der Waals surface area contributed by atoms with Crippen molar-refractivity contribution in [3.8, 4) is 11.5 Å². The molecule has 34 heavy (non-hydrogen) atoms. The van der Waals surface area contributed by atoms with Gasteiger partial charge in [-0.3, -0.25) is 9.10 Å². The van der Waals surface area contributed by atoms with Crippen molar-refractivity contribution in [3.05, 3.63) is 83.4 Å². The molecule has 7 nitrogen and oxygen atoms in total. The maximum Gasteiger partial charge on any atom is 0.264 e. The van der Waals surface area contributed by atoms with Crippen LogP contribution >= 0.6 is 0 Å². The van der Waals surface area contributed by atoms with Gasteiger partial charge >= 0.3 is 0 Å². The van der Waals surface area contributed by atoms with Gasteiger partial charge in [-0.1, -0.05) is 47.5 Å². The van der Waals surface area contributed by atoms with Crippen molar-refractivity contribution in [3.63, 3.8) is 0 Å². The summed E-state index contributed by atoms with van der Waals surface area (Å²) in [5.41, 5.74) is 3.42. The van der Waals surface area contributed by atoms with Crippen LogP contribution in [0.3, 0.4) is 0 Å². The summed E-state index contributed by atoms with van der Waals surface area (Å²) >= 11 is 0. The number of hydrogen-bond acceptors (Lipinski definition) is 5. The molecular formula is C26H30N2O5S. The zero-order valence-electron chi connectivity index (χ0n) is 20.0. The van der Waals surface area contributed by atoms with Gasteiger partial charge in [0.15, 0.2) is 11.5 Å². The van der Waals surface area contributed by atoms with Crippen molar-refractivity contribution in [2.24, 2.45) is 0 Å². The molecular weight excluding hydrogens is 452 g/mol. The van der Waals surface area contributed by atoms with E-state index in [1.165, 1.54) is 32.4 Å². The van der Waals surface area contributed by atoms with E-state index in [1.54, 1.807) is 24.3 Å². The van der Waals surface area contributed by atoms with E-state index in [4.69, 9.17) is 9.47 Å². The molecule has 3 aromatic rings. The number of nitrogens with one attached hydrogen (secondary N) is 1. The Morgan fingerprint density at radius 3 is 2.00 bits per heavy atom. The van der Waals surface area contributed by atoms with E-state index in [9.17, 15) is 13.2 Å². The van der Waals surface area contributed by atoms with Crippen molar-refractivity contribution in [2.45, 2.75) is 31.7 Å². The van der Waals surface area contributed by atoms with E-state index >= 15 is 0 Å². The fourth-order valence-corrected chi connectivity index (χ4v) is 4.92. The van der Waals surface area contributed by atoms with E-state index < -0.39 is 15.9 Å². The summed E-state index contributed by atoms with van der Waals surface area (Å²) in [7, 11) is -1.18. The van der Waals surface area contributed by atoms with Gasteiger partial charge < -0.3 is 14.8 Å². The third-order valence-electron chi connectivity index (χ3n) is 5.51. The Kier molecular flexibility index (Phi) is 7.83. The van der Waals surface area contributed by atoms with Crippen molar-refractivity contribution in [1.82, 2.24) is 5.32 Å². The number of methoxy groups -OCH3 is 2. The van der Waals surface area contributed by atoms with Crippen LogP contribution in [0.4, 0.5) is 5.69 Å². The molecule has 0 heterocycles. The van der Waals surface area contributed by atoms with Crippen LogP contribution in [0.25, 0.3) is 0 Å². The van der Waals surface area contributed by atoms with Gasteiger partial charge in [0, 0.05) is 6.07 Å². The molecule has 3 rings (SSSR count). The molecule has 3 aromatic carbocycles. The predicted molar refractivity (Wildman–Crippen MR) is 133 cm³/mol. The second kappa shape index (κ2) is 10.6. The Balaban J connectivity index is 1.93. The van der Waals surface area contributed by atoms with E-state index in [1.807, 2.05) is 45.0 Å². The number of nitrogens with zero attached hydrogens (tertiary/aromatic N) is 1. The number of benzene rings is 3. The summed E-state index contributed by atoms with van der Waals surface area (Å²) in [6, 6.07) is 18.9. The minimum Gasteiger partial charge on any atom is -0.493 e. The van der Waals surface area contributed by atoms with Crippen LogP contribution in [-0.2, 0) is 14.8 Å². The fraction of sp³-hybridized carbons (Fsp3) is 0.269. The minimum atomic E-state index is -4.09. The molecule has 1 N–H and O–H groups in total. The highest BCUT2D eigenvalue weighted by Crippen LogP contribution is 2.32. The molecule has 0 fully saturated rings. The summed E-state index contributed by atoms with van der Waals surface area (Å²) in [4.78, 5) is 13.0.